The Bertz CT molecular complexity index is 693. The van der Waals surface area contributed by atoms with E-state index in [0.29, 0.717) is 17.5 Å². The van der Waals surface area contributed by atoms with E-state index in [1.807, 2.05) is 18.2 Å². The van der Waals surface area contributed by atoms with Crippen LogP contribution in [0, 0.1) is 0 Å². The summed E-state index contributed by atoms with van der Waals surface area (Å²) in [6.07, 6.45) is -0.810. The molecule has 0 bridgehead atoms. The second-order valence-corrected chi connectivity index (χ2v) is 6.27. The third-order valence-corrected chi connectivity index (χ3v) is 4.19. The number of nitrogens with zero attached hydrogens (tertiary/aromatic N) is 3. The molecular formula is C16H22F3IN6S. The maximum Gasteiger partial charge on any atom is 0.434 e. The Morgan fingerprint density at radius 3 is 2.59 bits per heavy atom. The molecule has 2 heterocycles. The first kappa shape index (κ1) is 23.4. The van der Waals surface area contributed by atoms with Crippen molar-refractivity contribution in [3.63, 3.8) is 0 Å². The van der Waals surface area contributed by atoms with Crippen molar-refractivity contribution < 1.29 is 13.2 Å². The van der Waals surface area contributed by atoms with Gasteiger partial charge in [-0.1, -0.05) is 6.07 Å². The van der Waals surface area contributed by atoms with Crippen LogP contribution in [0.15, 0.2) is 34.8 Å². The Labute approximate surface area is 177 Å². The van der Waals surface area contributed by atoms with Crippen LogP contribution in [-0.2, 0) is 12.7 Å². The maximum atomic E-state index is 12.5. The highest BCUT2D eigenvalue weighted by molar-refractivity contribution is 14.0. The van der Waals surface area contributed by atoms with Crippen molar-refractivity contribution in [1.82, 2.24) is 20.6 Å². The number of pyridine rings is 1. The van der Waals surface area contributed by atoms with Gasteiger partial charge in [-0.2, -0.15) is 13.2 Å². The fourth-order valence-electron chi connectivity index (χ4n) is 2.04. The number of alkyl halides is 3. The Hall–Kier alpha value is -1.63. The molecule has 0 aliphatic carbocycles. The second-order valence-electron chi connectivity index (χ2n) is 5.33. The number of unbranched alkanes of at least 4 members (excludes halogenated alkanes) is 1. The summed E-state index contributed by atoms with van der Waals surface area (Å²) >= 11 is 0.971. The van der Waals surface area contributed by atoms with E-state index in [0.717, 1.165) is 41.9 Å². The molecule has 0 atom stereocenters. The van der Waals surface area contributed by atoms with Gasteiger partial charge in [-0.15, -0.1) is 35.3 Å². The van der Waals surface area contributed by atoms with Crippen molar-refractivity contribution in [3.8, 4) is 0 Å². The number of nitrogens with one attached hydrogen (secondary N) is 3. The lowest BCUT2D eigenvalue weighted by molar-refractivity contribution is -0.140. The molecule has 11 heteroatoms. The lowest BCUT2D eigenvalue weighted by Gasteiger charge is -2.11. The van der Waals surface area contributed by atoms with E-state index in [2.05, 4.69) is 30.9 Å². The number of hydrogen-bond acceptors (Lipinski definition) is 5. The molecule has 2 aromatic heterocycles. The number of hydrogen-bond donors (Lipinski definition) is 3. The van der Waals surface area contributed by atoms with Gasteiger partial charge in [-0.05, 0) is 25.0 Å². The zero-order valence-electron chi connectivity index (χ0n) is 14.7. The summed E-state index contributed by atoms with van der Waals surface area (Å²) in [5.41, 5.74) is -0.859. The Morgan fingerprint density at radius 2 is 1.96 bits per heavy atom. The van der Waals surface area contributed by atoms with Crippen LogP contribution in [0.25, 0.3) is 0 Å². The third-order valence-electron chi connectivity index (χ3n) is 3.34. The highest BCUT2D eigenvalue weighted by Crippen LogP contribution is 2.29. The molecule has 2 aromatic rings. The van der Waals surface area contributed by atoms with Crippen LogP contribution in [0.5, 0.6) is 0 Å². The summed E-state index contributed by atoms with van der Waals surface area (Å²) in [4.78, 5) is 11.8. The van der Waals surface area contributed by atoms with Crippen LogP contribution >= 0.6 is 35.3 Å². The molecule has 0 aliphatic rings. The van der Waals surface area contributed by atoms with Crippen LogP contribution < -0.4 is 16.0 Å². The molecule has 0 fully saturated rings. The number of rotatable bonds is 8. The van der Waals surface area contributed by atoms with Crippen molar-refractivity contribution in [1.29, 1.82) is 0 Å². The molecule has 150 valence electrons. The molecule has 0 unspecified atom stereocenters. The normalized spacial score (nSPS) is 11.6. The molecule has 0 spiro atoms. The first-order valence-electron chi connectivity index (χ1n) is 8.10. The number of guanidine groups is 1. The molecule has 0 aliphatic heterocycles. The molecule has 2 rings (SSSR count). The highest BCUT2D eigenvalue weighted by atomic mass is 127. The molecule has 0 aromatic carbocycles. The van der Waals surface area contributed by atoms with Gasteiger partial charge in [0.1, 0.15) is 10.8 Å². The van der Waals surface area contributed by atoms with E-state index in [9.17, 15) is 13.2 Å². The predicted molar refractivity (Wildman–Crippen MR) is 113 cm³/mol. The minimum absolute atomic E-state index is 0. The fourth-order valence-corrected chi connectivity index (χ4v) is 2.78. The molecule has 3 N–H and O–H groups in total. The molecular weight excluding hydrogens is 492 g/mol. The van der Waals surface area contributed by atoms with Gasteiger partial charge >= 0.3 is 6.18 Å². The van der Waals surface area contributed by atoms with Crippen molar-refractivity contribution >= 4 is 47.1 Å². The summed E-state index contributed by atoms with van der Waals surface area (Å²) in [5, 5.41) is 10.7. The van der Waals surface area contributed by atoms with E-state index in [1.54, 1.807) is 13.2 Å². The van der Waals surface area contributed by atoms with Gasteiger partial charge < -0.3 is 16.0 Å². The van der Waals surface area contributed by atoms with E-state index in [4.69, 9.17) is 0 Å². The SMILES string of the molecule is CN=C(NCCCCNc1ccccn1)NCc1nc(C(F)(F)F)cs1.I. The fraction of sp³-hybridized carbons (Fsp3) is 0.438. The van der Waals surface area contributed by atoms with Gasteiger partial charge in [-0.3, -0.25) is 4.99 Å². The van der Waals surface area contributed by atoms with Gasteiger partial charge in [-0.25, -0.2) is 9.97 Å². The average molecular weight is 514 g/mol. The van der Waals surface area contributed by atoms with Crippen LogP contribution in [0.2, 0.25) is 0 Å². The Kier molecular flexibility index (Phi) is 10.4. The van der Waals surface area contributed by atoms with Crippen molar-refractivity contribution in [3.05, 3.63) is 40.5 Å². The Balaban J connectivity index is 0.00000364. The largest absolute Gasteiger partial charge is 0.434 e. The van der Waals surface area contributed by atoms with Crippen molar-refractivity contribution in [2.24, 2.45) is 4.99 Å². The zero-order valence-corrected chi connectivity index (χ0v) is 17.9. The maximum absolute atomic E-state index is 12.5. The number of aliphatic imine (C=N–C) groups is 1. The van der Waals surface area contributed by atoms with Crippen LogP contribution in [0.3, 0.4) is 0 Å². The molecule has 0 radical (unpaired) electrons. The summed E-state index contributed by atoms with van der Waals surface area (Å²) < 4.78 is 37.6. The van der Waals surface area contributed by atoms with Crippen LogP contribution in [0.1, 0.15) is 23.5 Å². The number of halogens is 4. The lowest BCUT2D eigenvalue weighted by Crippen LogP contribution is -2.37. The van der Waals surface area contributed by atoms with Gasteiger partial charge in [0.05, 0.1) is 6.54 Å². The summed E-state index contributed by atoms with van der Waals surface area (Å²) in [6, 6.07) is 5.70. The monoisotopic (exact) mass is 514 g/mol. The summed E-state index contributed by atoms with van der Waals surface area (Å²) in [7, 11) is 1.61. The molecule has 6 nitrogen and oxygen atoms in total. The standard InChI is InChI=1S/C16H21F3N6S.HI/c1-20-15(24-10-14-25-12(11-26-14)16(17,18)19)23-9-5-4-8-22-13-6-2-3-7-21-13;/h2-3,6-7,11H,4-5,8-10H2,1H3,(H,21,22)(H2,20,23,24);1H. The molecule has 0 saturated carbocycles. The molecule has 0 saturated heterocycles. The summed E-state index contributed by atoms with van der Waals surface area (Å²) in [5.74, 6) is 1.38. The molecule has 0 amide bonds. The minimum Gasteiger partial charge on any atom is -0.370 e. The van der Waals surface area contributed by atoms with E-state index >= 15 is 0 Å². The minimum atomic E-state index is -4.40. The number of anilines is 1. The lowest BCUT2D eigenvalue weighted by atomic mass is 10.3. The Morgan fingerprint density at radius 1 is 1.19 bits per heavy atom. The van der Waals surface area contributed by atoms with E-state index in [-0.39, 0.29) is 30.5 Å². The van der Waals surface area contributed by atoms with Crippen molar-refractivity contribution in [2.75, 3.05) is 25.5 Å². The van der Waals surface area contributed by atoms with E-state index < -0.39 is 11.9 Å². The third kappa shape index (κ3) is 8.73. The highest BCUT2D eigenvalue weighted by Gasteiger charge is 2.33. The smallest absolute Gasteiger partial charge is 0.370 e. The van der Waals surface area contributed by atoms with Gasteiger partial charge in [0.25, 0.3) is 0 Å². The predicted octanol–water partition coefficient (Wildman–Crippen LogP) is 3.73. The van der Waals surface area contributed by atoms with Crippen LogP contribution in [-0.4, -0.2) is 36.1 Å². The zero-order chi connectivity index (χ0) is 18.8. The van der Waals surface area contributed by atoms with Gasteiger partial charge in [0.2, 0.25) is 0 Å². The van der Waals surface area contributed by atoms with Crippen LogP contribution in [0.4, 0.5) is 19.0 Å². The van der Waals surface area contributed by atoms with Gasteiger partial charge in [0.15, 0.2) is 11.7 Å². The first-order valence-corrected chi connectivity index (χ1v) is 8.98. The summed E-state index contributed by atoms with van der Waals surface area (Å²) in [6.45, 7) is 1.71. The van der Waals surface area contributed by atoms with Gasteiger partial charge in [0, 0.05) is 31.7 Å². The molecule has 27 heavy (non-hydrogen) atoms. The first-order chi connectivity index (χ1) is 12.5. The van der Waals surface area contributed by atoms with Crippen molar-refractivity contribution in [2.45, 2.75) is 25.6 Å². The second kappa shape index (κ2) is 12.0. The average Bonchev–Trinajstić information content (AvgIpc) is 3.11. The topological polar surface area (TPSA) is 74.2 Å². The quantitative estimate of drug-likeness (QED) is 0.217. The van der Waals surface area contributed by atoms with E-state index in [1.165, 1.54) is 0 Å². The number of thiazole rings is 1. The number of aromatic nitrogens is 2.